The van der Waals surface area contributed by atoms with E-state index in [4.69, 9.17) is 0 Å². The van der Waals surface area contributed by atoms with Crippen LogP contribution in [0.4, 0.5) is 0 Å². The summed E-state index contributed by atoms with van der Waals surface area (Å²) in [6.45, 7) is 0.399. The van der Waals surface area contributed by atoms with Gasteiger partial charge in [0, 0.05) is 5.41 Å². The van der Waals surface area contributed by atoms with Crippen molar-refractivity contribution in [2.24, 2.45) is 16.2 Å². The van der Waals surface area contributed by atoms with Crippen LogP contribution in [0, 0.1) is 16.2 Å². The van der Waals surface area contributed by atoms with Crippen molar-refractivity contribution < 1.29 is 10.2 Å². The smallest absolute Gasteiger partial charge is 0.0514 e. The Bertz CT molecular complexity index is 331. The van der Waals surface area contributed by atoms with Gasteiger partial charge in [0.1, 0.15) is 0 Å². The number of aliphatic hydroxyl groups excluding tert-OH is 2. The van der Waals surface area contributed by atoms with E-state index in [9.17, 15) is 10.2 Å². The molecule has 0 saturated heterocycles. The molecule has 3 rings (SSSR count). The Hall–Kier alpha value is -0.0800. The summed E-state index contributed by atoms with van der Waals surface area (Å²) in [7, 11) is 0. The van der Waals surface area contributed by atoms with Crippen molar-refractivity contribution in [3.8, 4) is 0 Å². The van der Waals surface area contributed by atoms with Gasteiger partial charge in [-0.05, 0) is 49.4 Å². The van der Waals surface area contributed by atoms with E-state index in [2.05, 4.69) is 0 Å². The molecule has 0 unspecified atom stereocenters. The van der Waals surface area contributed by atoms with Gasteiger partial charge in [0.15, 0.2) is 0 Å². The summed E-state index contributed by atoms with van der Waals surface area (Å²) in [5.74, 6) is 0. The van der Waals surface area contributed by atoms with Crippen molar-refractivity contribution >= 4 is 0 Å². The van der Waals surface area contributed by atoms with Crippen molar-refractivity contribution in [3.63, 3.8) is 0 Å². The van der Waals surface area contributed by atoms with Crippen LogP contribution >= 0.6 is 0 Å². The molecule has 122 valence electrons. The van der Waals surface area contributed by atoms with Gasteiger partial charge in [-0.15, -0.1) is 0 Å². The molecule has 0 atom stereocenters. The molecule has 0 aromatic rings. The second-order valence-electron chi connectivity index (χ2n) is 8.56. The zero-order valence-corrected chi connectivity index (χ0v) is 13.7. The highest BCUT2D eigenvalue weighted by molar-refractivity contribution is 5.11. The van der Waals surface area contributed by atoms with E-state index in [1.165, 1.54) is 83.5 Å². The standard InChI is InChI=1S/C19H34O2/c20-15-19(16-21)14-17(9-5-2-1-3-6-10-17)13-18(19)11-7-4-8-12-18/h20-21H,1-16H2. The maximum Gasteiger partial charge on any atom is 0.0514 e. The third-order valence-electron chi connectivity index (χ3n) is 7.38. The quantitative estimate of drug-likeness (QED) is 0.791. The first-order valence-corrected chi connectivity index (χ1v) is 9.42. The fraction of sp³-hybridized carbons (Fsp3) is 1.00. The molecule has 0 aromatic heterocycles. The molecule has 0 aliphatic heterocycles. The molecule has 2 N–H and O–H groups in total. The van der Waals surface area contributed by atoms with Crippen LogP contribution in [0.3, 0.4) is 0 Å². The van der Waals surface area contributed by atoms with Crippen LogP contribution in [0.2, 0.25) is 0 Å². The van der Waals surface area contributed by atoms with Crippen LogP contribution in [0.15, 0.2) is 0 Å². The van der Waals surface area contributed by atoms with Crippen molar-refractivity contribution in [1.29, 1.82) is 0 Å². The molecular formula is C19H34O2. The van der Waals surface area contributed by atoms with E-state index in [-0.39, 0.29) is 24.0 Å². The Morgan fingerprint density at radius 2 is 1.05 bits per heavy atom. The van der Waals surface area contributed by atoms with Crippen molar-refractivity contribution in [2.75, 3.05) is 13.2 Å². The zero-order chi connectivity index (χ0) is 14.8. The molecule has 0 amide bonds. The summed E-state index contributed by atoms with van der Waals surface area (Å²) in [6.07, 6.45) is 18.4. The first-order chi connectivity index (χ1) is 10.2. The van der Waals surface area contributed by atoms with Crippen LogP contribution in [-0.2, 0) is 0 Å². The molecular weight excluding hydrogens is 260 g/mol. The number of hydrogen-bond donors (Lipinski definition) is 2. The molecule has 0 aromatic carbocycles. The zero-order valence-electron chi connectivity index (χ0n) is 13.7. The van der Waals surface area contributed by atoms with E-state index < -0.39 is 0 Å². The van der Waals surface area contributed by atoms with Gasteiger partial charge in [0.2, 0.25) is 0 Å². The van der Waals surface area contributed by atoms with Gasteiger partial charge in [-0.2, -0.15) is 0 Å². The lowest BCUT2D eigenvalue weighted by molar-refractivity contribution is -0.0574. The molecule has 3 saturated carbocycles. The summed E-state index contributed by atoms with van der Waals surface area (Å²) >= 11 is 0. The minimum atomic E-state index is -0.188. The van der Waals surface area contributed by atoms with Gasteiger partial charge in [0.05, 0.1) is 13.2 Å². The second kappa shape index (κ2) is 6.20. The van der Waals surface area contributed by atoms with Crippen LogP contribution in [-0.4, -0.2) is 23.4 Å². The maximum absolute atomic E-state index is 10.2. The lowest BCUT2D eigenvalue weighted by atomic mass is 9.59. The highest BCUT2D eigenvalue weighted by Crippen LogP contribution is 2.68. The Morgan fingerprint density at radius 3 is 1.62 bits per heavy atom. The van der Waals surface area contributed by atoms with Gasteiger partial charge in [0.25, 0.3) is 0 Å². The van der Waals surface area contributed by atoms with Gasteiger partial charge >= 0.3 is 0 Å². The maximum atomic E-state index is 10.2. The summed E-state index contributed by atoms with van der Waals surface area (Å²) in [5.41, 5.74) is 0.490. The highest BCUT2D eigenvalue weighted by atomic mass is 16.3. The van der Waals surface area contributed by atoms with E-state index in [1.54, 1.807) is 0 Å². The van der Waals surface area contributed by atoms with E-state index in [0.717, 1.165) is 6.42 Å². The van der Waals surface area contributed by atoms with Crippen molar-refractivity contribution in [2.45, 2.75) is 89.9 Å². The molecule has 3 aliphatic carbocycles. The van der Waals surface area contributed by atoms with Gasteiger partial charge in [-0.3, -0.25) is 0 Å². The minimum Gasteiger partial charge on any atom is -0.396 e. The molecule has 2 nitrogen and oxygen atoms in total. The van der Waals surface area contributed by atoms with Crippen LogP contribution in [0.25, 0.3) is 0 Å². The number of hydrogen-bond acceptors (Lipinski definition) is 2. The highest BCUT2D eigenvalue weighted by Gasteiger charge is 2.61. The average Bonchev–Trinajstić information content (AvgIpc) is 2.75. The Balaban J connectivity index is 1.88. The molecule has 2 heteroatoms. The predicted octanol–water partition coefficient (Wildman–Crippen LogP) is 4.43. The lowest BCUT2D eigenvalue weighted by Crippen LogP contribution is -2.44. The molecule has 3 aliphatic rings. The monoisotopic (exact) mass is 294 g/mol. The number of rotatable bonds is 2. The second-order valence-corrected chi connectivity index (χ2v) is 8.56. The Morgan fingerprint density at radius 1 is 0.571 bits per heavy atom. The largest absolute Gasteiger partial charge is 0.396 e. The minimum absolute atomic E-state index is 0.188. The van der Waals surface area contributed by atoms with Crippen LogP contribution in [0.5, 0.6) is 0 Å². The van der Waals surface area contributed by atoms with Gasteiger partial charge < -0.3 is 10.2 Å². The summed E-state index contributed by atoms with van der Waals surface area (Å²) < 4.78 is 0. The summed E-state index contributed by atoms with van der Waals surface area (Å²) in [5, 5.41) is 20.4. The topological polar surface area (TPSA) is 40.5 Å². The van der Waals surface area contributed by atoms with Gasteiger partial charge in [-0.1, -0.05) is 51.4 Å². The van der Waals surface area contributed by atoms with E-state index >= 15 is 0 Å². The summed E-state index contributed by atoms with van der Waals surface area (Å²) in [4.78, 5) is 0. The Kier molecular flexibility index (Phi) is 4.66. The Labute approximate surface area is 130 Å². The van der Waals surface area contributed by atoms with Crippen molar-refractivity contribution in [3.05, 3.63) is 0 Å². The average molecular weight is 294 g/mol. The fourth-order valence-electron chi connectivity index (χ4n) is 6.31. The predicted molar refractivity (Wildman–Crippen MR) is 86.1 cm³/mol. The van der Waals surface area contributed by atoms with Crippen LogP contribution < -0.4 is 0 Å². The SMILES string of the molecule is OCC1(CO)CC2(CCCCCCC2)CC12CCCCC2. The van der Waals surface area contributed by atoms with E-state index in [0.29, 0.717) is 5.41 Å². The first kappa shape index (κ1) is 15.8. The normalized spacial score (nSPS) is 31.1. The lowest BCUT2D eigenvalue weighted by Gasteiger charge is -2.47. The third-order valence-corrected chi connectivity index (χ3v) is 7.38. The van der Waals surface area contributed by atoms with E-state index in [1.807, 2.05) is 0 Å². The molecule has 0 radical (unpaired) electrons. The molecule has 21 heavy (non-hydrogen) atoms. The third kappa shape index (κ3) is 2.67. The molecule has 0 bridgehead atoms. The van der Waals surface area contributed by atoms with Gasteiger partial charge in [-0.25, -0.2) is 0 Å². The molecule has 0 heterocycles. The molecule has 2 spiro atoms. The van der Waals surface area contributed by atoms with Crippen molar-refractivity contribution in [1.82, 2.24) is 0 Å². The fourth-order valence-corrected chi connectivity index (χ4v) is 6.31. The van der Waals surface area contributed by atoms with Crippen LogP contribution in [0.1, 0.15) is 89.9 Å². The number of aliphatic hydroxyl groups is 2. The first-order valence-electron chi connectivity index (χ1n) is 9.42. The summed E-state index contributed by atoms with van der Waals surface area (Å²) in [6, 6.07) is 0. The molecule has 3 fully saturated rings.